The lowest BCUT2D eigenvalue weighted by Crippen LogP contribution is -2.05. The second kappa shape index (κ2) is 8.40. The molecule has 2 aromatic carbocycles. The molecule has 0 aliphatic carbocycles. The summed E-state index contributed by atoms with van der Waals surface area (Å²) in [6.07, 6.45) is 1.73. The SMILES string of the molecule is COc1ccc(CNc2nccc(Nc3cc(C)cc(C)c3)n2)cc1OC. The number of nitrogens with zero attached hydrogens (tertiary/aromatic N) is 2. The van der Waals surface area contributed by atoms with Crippen LogP contribution in [-0.4, -0.2) is 24.2 Å². The number of anilines is 3. The zero-order valence-corrected chi connectivity index (χ0v) is 16.0. The number of hydrogen-bond acceptors (Lipinski definition) is 6. The topological polar surface area (TPSA) is 68.3 Å². The molecule has 1 aromatic heterocycles. The minimum atomic E-state index is 0.555. The van der Waals surface area contributed by atoms with Crippen LogP contribution >= 0.6 is 0 Å². The van der Waals surface area contributed by atoms with Crippen molar-refractivity contribution in [3.05, 3.63) is 65.4 Å². The molecule has 0 amide bonds. The van der Waals surface area contributed by atoms with E-state index in [4.69, 9.17) is 9.47 Å². The molecule has 2 N–H and O–H groups in total. The maximum absolute atomic E-state index is 5.34. The van der Waals surface area contributed by atoms with Gasteiger partial charge in [0, 0.05) is 18.4 Å². The molecule has 0 saturated carbocycles. The van der Waals surface area contributed by atoms with Crippen LogP contribution in [0.1, 0.15) is 16.7 Å². The summed E-state index contributed by atoms with van der Waals surface area (Å²) < 4.78 is 10.6. The van der Waals surface area contributed by atoms with Gasteiger partial charge in [-0.2, -0.15) is 4.98 Å². The Morgan fingerprint density at radius 2 is 1.63 bits per heavy atom. The van der Waals surface area contributed by atoms with Gasteiger partial charge in [0.25, 0.3) is 0 Å². The molecule has 0 saturated heterocycles. The van der Waals surface area contributed by atoms with E-state index in [1.54, 1.807) is 20.4 Å². The van der Waals surface area contributed by atoms with Crippen molar-refractivity contribution >= 4 is 17.5 Å². The molecular weight excluding hydrogens is 340 g/mol. The average molecular weight is 364 g/mol. The zero-order valence-electron chi connectivity index (χ0n) is 16.0. The van der Waals surface area contributed by atoms with E-state index in [2.05, 4.69) is 52.6 Å². The Labute approximate surface area is 159 Å². The van der Waals surface area contributed by atoms with Gasteiger partial charge >= 0.3 is 0 Å². The summed E-state index contributed by atoms with van der Waals surface area (Å²) in [6.45, 7) is 4.73. The highest BCUT2D eigenvalue weighted by Crippen LogP contribution is 2.27. The van der Waals surface area contributed by atoms with E-state index in [0.717, 1.165) is 17.1 Å². The molecule has 27 heavy (non-hydrogen) atoms. The standard InChI is InChI=1S/C21H24N4O2/c1-14-9-15(2)11-17(10-14)24-20-7-8-22-21(25-20)23-13-16-5-6-18(26-3)19(12-16)27-4/h5-12H,13H2,1-4H3,(H2,22,23,24,25). The molecule has 6 heteroatoms. The summed E-state index contributed by atoms with van der Waals surface area (Å²) >= 11 is 0. The van der Waals surface area contributed by atoms with Crippen molar-refractivity contribution in [3.8, 4) is 11.5 Å². The summed E-state index contributed by atoms with van der Waals surface area (Å²) in [5.74, 6) is 2.70. The van der Waals surface area contributed by atoms with Crippen LogP contribution in [0.15, 0.2) is 48.7 Å². The molecule has 3 rings (SSSR count). The van der Waals surface area contributed by atoms with Gasteiger partial charge in [0.2, 0.25) is 5.95 Å². The van der Waals surface area contributed by atoms with Crippen molar-refractivity contribution in [2.45, 2.75) is 20.4 Å². The molecular formula is C21H24N4O2. The van der Waals surface area contributed by atoms with Crippen molar-refractivity contribution in [1.82, 2.24) is 9.97 Å². The molecule has 3 aromatic rings. The first-order valence-corrected chi connectivity index (χ1v) is 8.70. The van der Waals surface area contributed by atoms with E-state index in [-0.39, 0.29) is 0 Å². The van der Waals surface area contributed by atoms with Crippen molar-refractivity contribution in [2.75, 3.05) is 24.9 Å². The Morgan fingerprint density at radius 1 is 0.889 bits per heavy atom. The number of aromatic nitrogens is 2. The van der Waals surface area contributed by atoms with E-state index in [1.165, 1.54) is 11.1 Å². The predicted octanol–water partition coefficient (Wildman–Crippen LogP) is 4.47. The number of aryl methyl sites for hydroxylation is 2. The van der Waals surface area contributed by atoms with Crippen molar-refractivity contribution in [1.29, 1.82) is 0 Å². The lowest BCUT2D eigenvalue weighted by atomic mass is 10.1. The summed E-state index contributed by atoms with van der Waals surface area (Å²) in [5.41, 5.74) is 4.47. The van der Waals surface area contributed by atoms with E-state index < -0.39 is 0 Å². The normalized spacial score (nSPS) is 10.4. The van der Waals surface area contributed by atoms with Crippen LogP contribution in [0.25, 0.3) is 0 Å². The predicted molar refractivity (Wildman–Crippen MR) is 108 cm³/mol. The Balaban J connectivity index is 1.69. The molecule has 0 atom stereocenters. The first-order valence-electron chi connectivity index (χ1n) is 8.70. The fourth-order valence-electron chi connectivity index (χ4n) is 2.88. The van der Waals surface area contributed by atoms with Crippen LogP contribution in [-0.2, 0) is 6.54 Å². The number of ether oxygens (including phenoxy) is 2. The zero-order chi connectivity index (χ0) is 19.2. The second-order valence-electron chi connectivity index (χ2n) is 6.31. The molecule has 0 aliphatic heterocycles. The summed E-state index contributed by atoms with van der Waals surface area (Å²) in [4.78, 5) is 8.82. The maximum Gasteiger partial charge on any atom is 0.224 e. The fourth-order valence-corrected chi connectivity index (χ4v) is 2.88. The van der Waals surface area contributed by atoms with Crippen LogP contribution in [0.5, 0.6) is 11.5 Å². The first-order chi connectivity index (χ1) is 13.1. The minimum absolute atomic E-state index is 0.555. The Kier molecular flexibility index (Phi) is 5.76. The third-order valence-corrected chi connectivity index (χ3v) is 4.05. The van der Waals surface area contributed by atoms with Crippen molar-refractivity contribution in [2.24, 2.45) is 0 Å². The van der Waals surface area contributed by atoms with Crippen LogP contribution in [0.2, 0.25) is 0 Å². The van der Waals surface area contributed by atoms with E-state index >= 15 is 0 Å². The first kappa shape index (κ1) is 18.5. The fraction of sp³-hybridized carbons (Fsp3) is 0.238. The van der Waals surface area contributed by atoms with Gasteiger partial charge in [-0.15, -0.1) is 0 Å². The number of methoxy groups -OCH3 is 2. The van der Waals surface area contributed by atoms with Crippen molar-refractivity contribution < 1.29 is 9.47 Å². The summed E-state index contributed by atoms with van der Waals surface area (Å²) in [7, 11) is 3.25. The van der Waals surface area contributed by atoms with E-state index in [0.29, 0.717) is 24.0 Å². The summed E-state index contributed by atoms with van der Waals surface area (Å²) in [6, 6.07) is 14.0. The molecule has 0 radical (unpaired) electrons. The molecule has 140 valence electrons. The van der Waals surface area contributed by atoms with Gasteiger partial charge in [0.15, 0.2) is 11.5 Å². The lowest BCUT2D eigenvalue weighted by Gasteiger charge is -2.11. The van der Waals surface area contributed by atoms with E-state index in [1.807, 2.05) is 24.3 Å². The molecule has 1 heterocycles. The minimum Gasteiger partial charge on any atom is -0.493 e. The van der Waals surface area contributed by atoms with Gasteiger partial charge < -0.3 is 20.1 Å². The third kappa shape index (κ3) is 4.88. The van der Waals surface area contributed by atoms with Gasteiger partial charge in [-0.1, -0.05) is 12.1 Å². The van der Waals surface area contributed by atoms with Crippen LogP contribution in [0.3, 0.4) is 0 Å². The van der Waals surface area contributed by atoms with Gasteiger partial charge in [0.05, 0.1) is 14.2 Å². The Hall–Kier alpha value is -3.28. The monoisotopic (exact) mass is 364 g/mol. The highest BCUT2D eigenvalue weighted by atomic mass is 16.5. The molecule has 0 aliphatic rings. The number of nitrogens with one attached hydrogen (secondary N) is 2. The molecule has 0 spiro atoms. The molecule has 0 fully saturated rings. The highest BCUT2D eigenvalue weighted by Gasteiger charge is 2.06. The highest BCUT2D eigenvalue weighted by molar-refractivity contribution is 5.59. The van der Waals surface area contributed by atoms with Crippen LogP contribution < -0.4 is 20.1 Å². The van der Waals surface area contributed by atoms with Gasteiger partial charge in [-0.25, -0.2) is 4.98 Å². The molecule has 0 bridgehead atoms. The maximum atomic E-state index is 5.34. The smallest absolute Gasteiger partial charge is 0.224 e. The summed E-state index contributed by atoms with van der Waals surface area (Å²) in [5, 5.41) is 6.57. The number of hydrogen-bond donors (Lipinski definition) is 2. The van der Waals surface area contributed by atoms with Crippen molar-refractivity contribution in [3.63, 3.8) is 0 Å². The van der Waals surface area contributed by atoms with Crippen LogP contribution in [0, 0.1) is 13.8 Å². The average Bonchev–Trinajstić information content (AvgIpc) is 2.65. The third-order valence-electron chi connectivity index (χ3n) is 4.05. The second-order valence-corrected chi connectivity index (χ2v) is 6.31. The van der Waals surface area contributed by atoms with Gasteiger partial charge in [0.1, 0.15) is 5.82 Å². The quantitative estimate of drug-likeness (QED) is 0.645. The number of rotatable bonds is 7. The largest absolute Gasteiger partial charge is 0.493 e. The Bertz CT molecular complexity index is 908. The van der Waals surface area contributed by atoms with E-state index in [9.17, 15) is 0 Å². The van der Waals surface area contributed by atoms with Gasteiger partial charge in [-0.3, -0.25) is 0 Å². The number of benzene rings is 2. The van der Waals surface area contributed by atoms with Crippen LogP contribution in [0.4, 0.5) is 17.5 Å². The lowest BCUT2D eigenvalue weighted by molar-refractivity contribution is 0.354. The molecule has 6 nitrogen and oxygen atoms in total. The molecule has 0 unspecified atom stereocenters. The Morgan fingerprint density at radius 3 is 2.33 bits per heavy atom. The van der Waals surface area contributed by atoms with Gasteiger partial charge in [-0.05, 0) is 60.9 Å².